The first-order valence-electron chi connectivity index (χ1n) is 3.34. The monoisotopic (exact) mass is 145 g/mol. The molecule has 0 aromatic carbocycles. The fraction of sp³-hybridized carbons (Fsp3) is 0.833. The third-order valence-corrected chi connectivity index (χ3v) is 1.30. The van der Waals surface area contributed by atoms with E-state index >= 15 is 0 Å². The minimum absolute atomic E-state index is 0.0883. The molecule has 0 aromatic rings. The van der Waals surface area contributed by atoms with Crippen LogP contribution in [-0.4, -0.2) is 18.0 Å². The number of primary amides is 1. The summed E-state index contributed by atoms with van der Waals surface area (Å²) in [6, 6.07) is -0.448. The van der Waals surface area contributed by atoms with E-state index in [0.717, 1.165) is 6.42 Å². The standard InChI is InChI=1S/C6H15N3O/c1-4(7)2-3-5(8)6(9)10/h4-5H,2-3,7-8H2,1H3,(H2,9,10)/t4?,5-/m0/s1. The molecule has 0 saturated heterocycles. The molecule has 0 spiro atoms. The van der Waals surface area contributed by atoms with Crippen LogP contribution in [0.4, 0.5) is 0 Å². The molecule has 60 valence electrons. The van der Waals surface area contributed by atoms with Crippen molar-refractivity contribution in [1.82, 2.24) is 0 Å². The predicted octanol–water partition coefficient (Wildman–Crippen LogP) is -1.07. The maximum absolute atomic E-state index is 10.4. The van der Waals surface area contributed by atoms with Gasteiger partial charge in [-0.2, -0.15) is 0 Å². The van der Waals surface area contributed by atoms with Gasteiger partial charge in [0.1, 0.15) is 0 Å². The lowest BCUT2D eigenvalue weighted by molar-refractivity contribution is -0.119. The number of rotatable bonds is 4. The number of hydrogen-bond acceptors (Lipinski definition) is 3. The largest absolute Gasteiger partial charge is 0.368 e. The van der Waals surface area contributed by atoms with Crippen molar-refractivity contribution >= 4 is 5.91 Å². The Morgan fingerprint density at radius 2 is 1.90 bits per heavy atom. The van der Waals surface area contributed by atoms with Gasteiger partial charge in [-0.3, -0.25) is 4.79 Å². The molecular formula is C6H15N3O. The van der Waals surface area contributed by atoms with E-state index in [1.807, 2.05) is 6.92 Å². The molecule has 1 amide bonds. The highest BCUT2D eigenvalue weighted by atomic mass is 16.1. The van der Waals surface area contributed by atoms with Crippen LogP contribution in [0.3, 0.4) is 0 Å². The summed E-state index contributed by atoms with van der Waals surface area (Å²) in [6.07, 6.45) is 1.32. The quantitative estimate of drug-likeness (QED) is 0.470. The minimum Gasteiger partial charge on any atom is -0.368 e. The van der Waals surface area contributed by atoms with E-state index in [4.69, 9.17) is 17.2 Å². The highest BCUT2D eigenvalue weighted by Gasteiger charge is 2.08. The second-order valence-electron chi connectivity index (χ2n) is 2.56. The molecule has 0 saturated carbocycles. The molecule has 10 heavy (non-hydrogen) atoms. The Kier molecular flexibility index (Phi) is 3.99. The first kappa shape index (κ1) is 9.39. The first-order chi connectivity index (χ1) is 4.54. The van der Waals surface area contributed by atoms with Gasteiger partial charge in [-0.15, -0.1) is 0 Å². The number of nitrogens with two attached hydrogens (primary N) is 3. The maximum atomic E-state index is 10.4. The average Bonchev–Trinajstić information content (AvgIpc) is 1.82. The summed E-state index contributed by atoms with van der Waals surface area (Å²) in [4.78, 5) is 10.4. The summed E-state index contributed by atoms with van der Waals surface area (Å²) in [5.41, 5.74) is 15.7. The second-order valence-corrected chi connectivity index (χ2v) is 2.56. The van der Waals surface area contributed by atoms with Crippen LogP contribution in [0, 0.1) is 0 Å². The Balaban J connectivity index is 3.40. The number of carbonyl (C=O) groups is 1. The predicted molar refractivity (Wildman–Crippen MR) is 40.1 cm³/mol. The van der Waals surface area contributed by atoms with Gasteiger partial charge in [-0.05, 0) is 19.8 Å². The molecule has 0 aromatic heterocycles. The topological polar surface area (TPSA) is 95.1 Å². The van der Waals surface area contributed by atoms with Gasteiger partial charge in [0.15, 0.2) is 0 Å². The Morgan fingerprint density at radius 1 is 1.40 bits per heavy atom. The lowest BCUT2D eigenvalue weighted by atomic mass is 10.1. The molecule has 0 aliphatic carbocycles. The Morgan fingerprint density at radius 3 is 2.20 bits per heavy atom. The van der Waals surface area contributed by atoms with E-state index in [9.17, 15) is 4.79 Å². The van der Waals surface area contributed by atoms with Gasteiger partial charge in [0.25, 0.3) is 0 Å². The van der Waals surface area contributed by atoms with Crippen molar-refractivity contribution in [3.63, 3.8) is 0 Å². The van der Waals surface area contributed by atoms with E-state index in [2.05, 4.69) is 0 Å². The molecule has 0 aliphatic heterocycles. The third-order valence-electron chi connectivity index (χ3n) is 1.30. The molecule has 0 heterocycles. The lowest BCUT2D eigenvalue weighted by Crippen LogP contribution is -2.37. The first-order valence-corrected chi connectivity index (χ1v) is 3.34. The highest BCUT2D eigenvalue weighted by molar-refractivity contribution is 5.79. The second kappa shape index (κ2) is 4.24. The SMILES string of the molecule is CC(N)CC[C@H](N)C(N)=O. The molecule has 4 nitrogen and oxygen atoms in total. The highest BCUT2D eigenvalue weighted by Crippen LogP contribution is 1.96. The Hall–Kier alpha value is -0.610. The number of carbonyl (C=O) groups excluding carboxylic acids is 1. The minimum atomic E-state index is -0.536. The smallest absolute Gasteiger partial charge is 0.234 e. The molecule has 0 aliphatic rings. The zero-order valence-corrected chi connectivity index (χ0v) is 6.21. The number of hydrogen-bond donors (Lipinski definition) is 3. The lowest BCUT2D eigenvalue weighted by Gasteiger charge is -2.08. The molecule has 1 unspecified atom stereocenters. The van der Waals surface area contributed by atoms with Crippen molar-refractivity contribution < 1.29 is 4.79 Å². The summed E-state index contributed by atoms with van der Waals surface area (Å²) < 4.78 is 0. The molecule has 2 atom stereocenters. The van der Waals surface area contributed by atoms with Crippen LogP contribution >= 0.6 is 0 Å². The maximum Gasteiger partial charge on any atom is 0.234 e. The van der Waals surface area contributed by atoms with Gasteiger partial charge >= 0.3 is 0 Å². The van der Waals surface area contributed by atoms with Crippen LogP contribution in [0.2, 0.25) is 0 Å². The van der Waals surface area contributed by atoms with Crippen LogP contribution < -0.4 is 17.2 Å². The van der Waals surface area contributed by atoms with E-state index in [-0.39, 0.29) is 6.04 Å². The van der Waals surface area contributed by atoms with Crippen LogP contribution in [0.15, 0.2) is 0 Å². The average molecular weight is 145 g/mol. The summed E-state index contributed by atoms with van der Waals surface area (Å²) in [5, 5.41) is 0. The van der Waals surface area contributed by atoms with Crippen molar-refractivity contribution in [1.29, 1.82) is 0 Å². The molecule has 6 N–H and O–H groups in total. The van der Waals surface area contributed by atoms with Gasteiger partial charge in [0, 0.05) is 6.04 Å². The van der Waals surface area contributed by atoms with Crippen LogP contribution in [-0.2, 0) is 4.79 Å². The molecule has 0 fully saturated rings. The van der Waals surface area contributed by atoms with Gasteiger partial charge in [-0.25, -0.2) is 0 Å². The summed E-state index contributed by atoms with van der Waals surface area (Å²) in [6.45, 7) is 1.87. The fourth-order valence-corrected chi connectivity index (χ4v) is 0.585. The van der Waals surface area contributed by atoms with E-state index in [1.165, 1.54) is 0 Å². The summed E-state index contributed by atoms with van der Waals surface area (Å²) in [7, 11) is 0. The zero-order chi connectivity index (χ0) is 8.15. The van der Waals surface area contributed by atoms with Crippen molar-refractivity contribution in [2.75, 3.05) is 0 Å². The third kappa shape index (κ3) is 4.29. The van der Waals surface area contributed by atoms with Gasteiger partial charge in [0.2, 0.25) is 5.91 Å². The normalized spacial score (nSPS) is 16.3. The Labute approximate surface area is 60.7 Å². The van der Waals surface area contributed by atoms with Crippen LogP contribution in [0.5, 0.6) is 0 Å². The van der Waals surface area contributed by atoms with E-state index in [0.29, 0.717) is 6.42 Å². The van der Waals surface area contributed by atoms with Crippen LogP contribution in [0.1, 0.15) is 19.8 Å². The number of amides is 1. The van der Waals surface area contributed by atoms with Gasteiger partial charge < -0.3 is 17.2 Å². The van der Waals surface area contributed by atoms with Crippen molar-refractivity contribution in [3.05, 3.63) is 0 Å². The molecule has 0 rings (SSSR count). The van der Waals surface area contributed by atoms with Gasteiger partial charge in [-0.1, -0.05) is 0 Å². The summed E-state index contributed by atoms with van der Waals surface area (Å²) >= 11 is 0. The van der Waals surface area contributed by atoms with Crippen molar-refractivity contribution in [2.45, 2.75) is 31.8 Å². The van der Waals surface area contributed by atoms with Crippen molar-refractivity contribution in [2.24, 2.45) is 17.2 Å². The fourth-order valence-electron chi connectivity index (χ4n) is 0.585. The molecule has 0 radical (unpaired) electrons. The van der Waals surface area contributed by atoms with E-state index in [1.54, 1.807) is 0 Å². The Bertz CT molecular complexity index is 114. The van der Waals surface area contributed by atoms with Crippen LogP contribution in [0.25, 0.3) is 0 Å². The molecule has 4 heteroatoms. The zero-order valence-electron chi connectivity index (χ0n) is 6.21. The summed E-state index contributed by atoms with van der Waals surface area (Å²) in [5.74, 6) is -0.458. The van der Waals surface area contributed by atoms with Gasteiger partial charge in [0.05, 0.1) is 6.04 Å². The molecular weight excluding hydrogens is 130 g/mol. The van der Waals surface area contributed by atoms with Crippen molar-refractivity contribution in [3.8, 4) is 0 Å². The molecule has 0 bridgehead atoms. The van der Waals surface area contributed by atoms with E-state index < -0.39 is 11.9 Å².